The number of rotatable bonds is 5. The minimum atomic E-state index is -4.05. The first kappa shape index (κ1) is 22.7. The number of benzene rings is 3. The van der Waals surface area contributed by atoms with Crippen LogP contribution in [0.4, 0.5) is 5.95 Å². The highest BCUT2D eigenvalue weighted by atomic mass is 35.5. The van der Waals surface area contributed by atoms with Crippen LogP contribution in [0.2, 0.25) is 5.02 Å². The highest BCUT2D eigenvalue weighted by Crippen LogP contribution is 2.29. The fraction of sp³-hybridized carbons (Fsp3) is 0.0870. The quantitative estimate of drug-likeness (QED) is 0.244. The van der Waals surface area contributed by atoms with Gasteiger partial charge in [-0.2, -0.15) is 8.42 Å². The molecule has 33 heavy (non-hydrogen) atoms. The second-order valence-electron chi connectivity index (χ2n) is 7.07. The van der Waals surface area contributed by atoms with Crippen molar-refractivity contribution in [1.29, 1.82) is 0 Å². The third-order valence-corrected chi connectivity index (χ3v) is 6.10. The van der Waals surface area contributed by atoms with Crippen molar-refractivity contribution in [3.63, 3.8) is 0 Å². The third-order valence-electron chi connectivity index (χ3n) is 4.72. The van der Waals surface area contributed by atoms with E-state index in [2.05, 4.69) is 25.8 Å². The molecule has 10 heteroatoms. The maximum atomic E-state index is 12.5. The molecule has 8 nitrogen and oxygen atoms in total. The number of hydrogen-bond acceptors (Lipinski definition) is 6. The molecule has 0 aliphatic carbocycles. The van der Waals surface area contributed by atoms with Gasteiger partial charge in [-0.15, -0.1) is 4.28 Å². The molecule has 0 amide bonds. The lowest BCUT2D eigenvalue weighted by Gasteiger charge is -2.13. The maximum absolute atomic E-state index is 12.5. The van der Waals surface area contributed by atoms with E-state index in [1.54, 1.807) is 30.3 Å². The molecule has 0 aliphatic heterocycles. The van der Waals surface area contributed by atoms with Crippen molar-refractivity contribution in [3.8, 4) is 11.3 Å². The highest BCUT2D eigenvalue weighted by Gasteiger charge is 2.17. The van der Waals surface area contributed by atoms with Gasteiger partial charge in [0.2, 0.25) is 11.9 Å². The summed E-state index contributed by atoms with van der Waals surface area (Å²) in [6, 6.07) is 21.2. The Morgan fingerprint density at radius 3 is 2.42 bits per heavy atom. The van der Waals surface area contributed by atoms with Crippen LogP contribution in [0.25, 0.3) is 22.2 Å². The van der Waals surface area contributed by atoms with Gasteiger partial charge in [0, 0.05) is 23.0 Å². The van der Waals surface area contributed by atoms with Crippen molar-refractivity contribution >= 4 is 44.5 Å². The lowest BCUT2D eigenvalue weighted by molar-refractivity contribution is 0.267. The summed E-state index contributed by atoms with van der Waals surface area (Å²) >= 11 is 6.19. The molecule has 0 spiro atoms. The molecule has 0 fully saturated rings. The number of halogens is 1. The molecule has 1 aromatic heterocycles. The molecule has 0 unspecified atom stereocenters. The summed E-state index contributed by atoms with van der Waals surface area (Å²) in [5.74, 6) is 0.214. The number of fused-ring (bicyclic) bond motifs is 1. The molecular formula is C23H20ClN5O3S. The second-order valence-corrected chi connectivity index (χ2v) is 9.06. The van der Waals surface area contributed by atoms with Crippen LogP contribution in [0.15, 0.2) is 82.7 Å². The number of hydroxylamine groups is 1. The van der Waals surface area contributed by atoms with Crippen molar-refractivity contribution in [2.45, 2.75) is 11.8 Å². The van der Waals surface area contributed by atoms with Crippen LogP contribution < -0.4 is 10.8 Å². The van der Waals surface area contributed by atoms with Crippen molar-refractivity contribution < 1.29 is 12.7 Å². The van der Waals surface area contributed by atoms with Crippen LogP contribution in [-0.4, -0.2) is 31.4 Å². The molecule has 4 aromatic rings. The number of nitrogens with zero attached hydrogens (tertiary/aromatic N) is 3. The molecule has 0 aliphatic rings. The molecule has 168 valence electrons. The highest BCUT2D eigenvalue weighted by molar-refractivity contribution is 7.86. The summed E-state index contributed by atoms with van der Waals surface area (Å²) in [6.45, 7) is 1.86. The summed E-state index contributed by atoms with van der Waals surface area (Å²) < 4.78 is 29.9. The Morgan fingerprint density at radius 1 is 1.00 bits per heavy atom. The molecule has 0 saturated carbocycles. The first-order chi connectivity index (χ1) is 15.9. The van der Waals surface area contributed by atoms with E-state index in [-0.39, 0.29) is 16.8 Å². The maximum Gasteiger partial charge on any atom is 0.317 e. The van der Waals surface area contributed by atoms with Crippen molar-refractivity contribution in [3.05, 3.63) is 83.4 Å². The SMILES string of the molecule is CN=C(NOS(=O)(=O)c1ccc(C)cc1)Nc1nc(-c2ccccc2)c2cc(Cl)ccc2n1. The Labute approximate surface area is 196 Å². The smallest absolute Gasteiger partial charge is 0.293 e. The summed E-state index contributed by atoms with van der Waals surface area (Å²) in [5.41, 5.74) is 5.46. The monoisotopic (exact) mass is 481 g/mol. The van der Waals surface area contributed by atoms with Crippen molar-refractivity contribution in [2.24, 2.45) is 4.99 Å². The number of anilines is 1. The zero-order valence-corrected chi connectivity index (χ0v) is 19.4. The van der Waals surface area contributed by atoms with Gasteiger partial charge < -0.3 is 0 Å². The van der Waals surface area contributed by atoms with Crippen LogP contribution in [0.5, 0.6) is 0 Å². The zero-order chi connectivity index (χ0) is 23.4. The van der Waals surface area contributed by atoms with E-state index in [4.69, 9.17) is 15.9 Å². The predicted molar refractivity (Wildman–Crippen MR) is 130 cm³/mol. The minimum Gasteiger partial charge on any atom is -0.293 e. The second kappa shape index (κ2) is 9.53. The molecular weight excluding hydrogens is 462 g/mol. The van der Waals surface area contributed by atoms with Gasteiger partial charge >= 0.3 is 10.1 Å². The van der Waals surface area contributed by atoms with Crippen LogP contribution in [-0.2, 0) is 14.4 Å². The first-order valence-corrected chi connectivity index (χ1v) is 11.7. The van der Waals surface area contributed by atoms with Crippen LogP contribution in [0.3, 0.4) is 0 Å². The van der Waals surface area contributed by atoms with Gasteiger partial charge in [0.15, 0.2) is 0 Å². The van der Waals surface area contributed by atoms with Crippen LogP contribution >= 0.6 is 11.6 Å². The van der Waals surface area contributed by atoms with Gasteiger partial charge in [0.25, 0.3) is 0 Å². The molecule has 0 radical (unpaired) electrons. The Balaban J connectivity index is 1.61. The zero-order valence-electron chi connectivity index (χ0n) is 17.8. The molecule has 3 aromatic carbocycles. The Hall–Kier alpha value is -3.53. The van der Waals surface area contributed by atoms with E-state index in [1.807, 2.05) is 37.3 Å². The van der Waals surface area contributed by atoms with Gasteiger partial charge in [0.1, 0.15) is 0 Å². The van der Waals surface area contributed by atoms with Crippen molar-refractivity contribution in [2.75, 3.05) is 12.4 Å². The standard InChI is InChI=1S/C23H20ClN5O3S/c1-15-8-11-18(12-9-15)33(30,31)32-29-22(25-2)28-23-26-20-13-10-17(24)14-19(20)21(27-23)16-6-4-3-5-7-16/h3-14H,1-2H3,(H2,25,26,27,28,29). The summed E-state index contributed by atoms with van der Waals surface area (Å²) in [6.07, 6.45) is 0. The van der Waals surface area contributed by atoms with Crippen molar-refractivity contribution in [1.82, 2.24) is 15.4 Å². The third kappa shape index (κ3) is 5.28. The van der Waals surface area contributed by atoms with Crippen LogP contribution in [0, 0.1) is 6.92 Å². The van der Waals surface area contributed by atoms with E-state index < -0.39 is 10.1 Å². The van der Waals surface area contributed by atoms with Gasteiger partial charge in [-0.25, -0.2) is 15.4 Å². The lowest BCUT2D eigenvalue weighted by Crippen LogP contribution is -2.33. The summed E-state index contributed by atoms with van der Waals surface area (Å²) in [5, 5.41) is 4.22. The lowest BCUT2D eigenvalue weighted by atomic mass is 10.1. The van der Waals surface area contributed by atoms with Gasteiger partial charge in [-0.3, -0.25) is 10.3 Å². The number of guanidine groups is 1. The number of hydrogen-bond donors (Lipinski definition) is 2. The Bertz CT molecular complexity index is 1430. The topological polar surface area (TPSA) is 106 Å². The van der Waals surface area contributed by atoms with Gasteiger partial charge in [0.05, 0.1) is 16.1 Å². The average molecular weight is 482 g/mol. The number of aryl methyl sites for hydroxylation is 1. The number of aromatic nitrogens is 2. The first-order valence-electron chi connectivity index (χ1n) is 9.88. The average Bonchev–Trinajstić information content (AvgIpc) is 2.82. The van der Waals surface area contributed by atoms with E-state index >= 15 is 0 Å². The van der Waals surface area contributed by atoms with E-state index in [0.29, 0.717) is 16.2 Å². The van der Waals surface area contributed by atoms with Gasteiger partial charge in [-0.1, -0.05) is 59.6 Å². The molecule has 2 N–H and O–H groups in total. The van der Waals surface area contributed by atoms with Crippen LogP contribution in [0.1, 0.15) is 5.56 Å². The summed E-state index contributed by atoms with van der Waals surface area (Å²) in [4.78, 5) is 13.1. The molecule has 1 heterocycles. The molecule has 0 atom stereocenters. The van der Waals surface area contributed by atoms with Gasteiger partial charge in [-0.05, 0) is 37.3 Å². The minimum absolute atomic E-state index is 0.0120. The molecule has 4 rings (SSSR count). The van der Waals surface area contributed by atoms with E-state index in [1.165, 1.54) is 19.2 Å². The van der Waals surface area contributed by atoms with E-state index in [9.17, 15) is 8.42 Å². The fourth-order valence-corrected chi connectivity index (χ4v) is 3.98. The van der Waals surface area contributed by atoms with E-state index in [0.717, 1.165) is 16.5 Å². The normalized spacial score (nSPS) is 12.0. The predicted octanol–water partition coefficient (Wildman–Crippen LogP) is 4.57. The number of nitrogens with one attached hydrogen (secondary N) is 2. The summed E-state index contributed by atoms with van der Waals surface area (Å²) in [7, 11) is -2.58. The molecule has 0 bridgehead atoms. The molecule has 0 saturated heterocycles. The Kier molecular flexibility index (Phi) is 6.55. The largest absolute Gasteiger partial charge is 0.317 e. The number of aliphatic imine (C=N–C) groups is 1. The Morgan fingerprint density at radius 2 is 1.73 bits per heavy atom. The fourth-order valence-electron chi connectivity index (χ4n) is 3.05.